The summed E-state index contributed by atoms with van der Waals surface area (Å²) in [6.07, 6.45) is 0.594. The van der Waals surface area contributed by atoms with E-state index in [0.717, 1.165) is 28.7 Å². The number of nitriles is 1. The van der Waals surface area contributed by atoms with Gasteiger partial charge in [0.2, 0.25) is 0 Å². The maximum Gasteiger partial charge on any atom is 0.151 e. The lowest BCUT2D eigenvalue weighted by Gasteiger charge is -2.00. The van der Waals surface area contributed by atoms with E-state index in [1.54, 1.807) is 11.8 Å². The van der Waals surface area contributed by atoms with E-state index in [9.17, 15) is 0 Å². The van der Waals surface area contributed by atoms with Crippen molar-refractivity contribution in [2.45, 2.75) is 26.0 Å². The van der Waals surface area contributed by atoms with E-state index in [-0.39, 0.29) is 0 Å². The number of hydrogen-bond donors (Lipinski definition) is 0. The fraction of sp³-hybridized carbons (Fsp3) is 0.417. The van der Waals surface area contributed by atoms with Gasteiger partial charge >= 0.3 is 0 Å². The third-order valence-corrected chi connectivity index (χ3v) is 2.73. The molecule has 84 valence electrons. The molecule has 16 heavy (non-hydrogen) atoms. The standard InChI is InChI=1S/C12H15N3S/c1-10(2)14-12-6-3-5-11(15-12)9-16-8-4-7-13/h3,5-6H,4,8-9H2,1-2H3. The van der Waals surface area contributed by atoms with Gasteiger partial charge in [-0.15, -0.1) is 0 Å². The van der Waals surface area contributed by atoms with Gasteiger partial charge in [0.1, 0.15) is 0 Å². The van der Waals surface area contributed by atoms with Gasteiger partial charge in [-0.3, -0.25) is 0 Å². The number of pyridine rings is 1. The van der Waals surface area contributed by atoms with Gasteiger partial charge in [-0.2, -0.15) is 17.0 Å². The zero-order chi connectivity index (χ0) is 11.8. The molecule has 3 nitrogen and oxygen atoms in total. The maximum atomic E-state index is 8.41. The van der Waals surface area contributed by atoms with E-state index in [1.165, 1.54) is 0 Å². The molecule has 0 aliphatic heterocycles. The van der Waals surface area contributed by atoms with Gasteiger partial charge in [-0.05, 0) is 26.0 Å². The van der Waals surface area contributed by atoms with Crippen molar-refractivity contribution in [3.63, 3.8) is 0 Å². The average Bonchev–Trinajstić information content (AvgIpc) is 2.24. The van der Waals surface area contributed by atoms with Crippen LogP contribution in [0.5, 0.6) is 0 Å². The Hall–Kier alpha value is -1.34. The number of aliphatic imine (C=N–C) groups is 1. The van der Waals surface area contributed by atoms with Gasteiger partial charge in [-0.1, -0.05) is 6.07 Å². The normalized spacial score (nSPS) is 9.56. The molecule has 0 aliphatic carbocycles. The molecule has 0 saturated heterocycles. The quantitative estimate of drug-likeness (QED) is 0.579. The van der Waals surface area contributed by atoms with Crippen LogP contribution in [0.15, 0.2) is 23.2 Å². The van der Waals surface area contributed by atoms with Crippen molar-refractivity contribution in [1.82, 2.24) is 4.98 Å². The van der Waals surface area contributed by atoms with Crippen LogP contribution in [0.2, 0.25) is 0 Å². The molecule has 0 atom stereocenters. The summed E-state index contributed by atoms with van der Waals surface area (Å²) in [6, 6.07) is 7.98. The van der Waals surface area contributed by atoms with Gasteiger partial charge < -0.3 is 0 Å². The second-order valence-electron chi connectivity index (χ2n) is 3.51. The Bertz CT molecular complexity index is 403. The molecule has 0 fully saturated rings. The first-order valence-corrected chi connectivity index (χ1v) is 6.30. The summed E-state index contributed by atoms with van der Waals surface area (Å²) >= 11 is 1.73. The van der Waals surface area contributed by atoms with Crippen LogP contribution in [0.25, 0.3) is 0 Å². The van der Waals surface area contributed by atoms with Crippen molar-refractivity contribution in [3.8, 4) is 6.07 Å². The van der Waals surface area contributed by atoms with Crippen LogP contribution in [-0.2, 0) is 5.75 Å². The van der Waals surface area contributed by atoms with Gasteiger partial charge in [-0.25, -0.2) is 9.98 Å². The van der Waals surface area contributed by atoms with Gasteiger partial charge in [0.15, 0.2) is 5.82 Å². The topological polar surface area (TPSA) is 49.0 Å². The van der Waals surface area contributed by atoms with E-state index in [4.69, 9.17) is 5.26 Å². The molecule has 0 spiro atoms. The highest BCUT2D eigenvalue weighted by Crippen LogP contribution is 2.15. The molecule has 1 aromatic rings. The molecular weight excluding hydrogens is 218 g/mol. The summed E-state index contributed by atoms with van der Waals surface area (Å²) in [7, 11) is 0. The molecule has 1 rings (SSSR count). The van der Waals surface area contributed by atoms with Crippen LogP contribution in [-0.4, -0.2) is 16.4 Å². The largest absolute Gasteiger partial charge is 0.239 e. The zero-order valence-corrected chi connectivity index (χ0v) is 10.4. The van der Waals surface area contributed by atoms with Crippen LogP contribution in [0.3, 0.4) is 0 Å². The number of rotatable bonds is 5. The highest BCUT2D eigenvalue weighted by Gasteiger charge is 1.97. The minimum Gasteiger partial charge on any atom is -0.239 e. The Morgan fingerprint density at radius 2 is 2.31 bits per heavy atom. The van der Waals surface area contributed by atoms with E-state index in [2.05, 4.69) is 16.0 Å². The van der Waals surface area contributed by atoms with Gasteiger partial charge in [0, 0.05) is 23.6 Å². The van der Waals surface area contributed by atoms with Crippen molar-refractivity contribution >= 4 is 23.3 Å². The number of thioether (sulfide) groups is 1. The van der Waals surface area contributed by atoms with Crippen LogP contribution in [0, 0.1) is 11.3 Å². The Balaban J connectivity index is 2.55. The van der Waals surface area contributed by atoms with Crippen LogP contribution >= 0.6 is 11.8 Å². The molecule has 4 heteroatoms. The predicted octanol–water partition coefficient (Wildman–Crippen LogP) is 3.34. The van der Waals surface area contributed by atoms with Crippen molar-refractivity contribution in [2.24, 2.45) is 4.99 Å². The summed E-state index contributed by atoms with van der Waals surface area (Å²) in [5.41, 5.74) is 2.02. The minimum absolute atomic E-state index is 0.594. The summed E-state index contributed by atoms with van der Waals surface area (Å²) in [5.74, 6) is 2.46. The molecule has 0 radical (unpaired) electrons. The Labute approximate surface area is 101 Å². The average molecular weight is 233 g/mol. The summed E-state index contributed by atoms with van der Waals surface area (Å²) < 4.78 is 0. The fourth-order valence-corrected chi connectivity index (χ4v) is 1.88. The van der Waals surface area contributed by atoms with E-state index in [0.29, 0.717) is 6.42 Å². The molecule has 1 aromatic heterocycles. The minimum atomic E-state index is 0.594. The highest BCUT2D eigenvalue weighted by molar-refractivity contribution is 7.98. The van der Waals surface area contributed by atoms with Crippen molar-refractivity contribution in [1.29, 1.82) is 5.26 Å². The molecular formula is C12H15N3S. The van der Waals surface area contributed by atoms with Crippen LogP contribution < -0.4 is 0 Å². The number of aromatic nitrogens is 1. The Morgan fingerprint density at radius 3 is 3.00 bits per heavy atom. The second kappa shape index (κ2) is 7.02. The Morgan fingerprint density at radius 1 is 1.50 bits per heavy atom. The number of nitrogens with zero attached hydrogens (tertiary/aromatic N) is 3. The van der Waals surface area contributed by atoms with Crippen LogP contribution in [0.4, 0.5) is 5.82 Å². The van der Waals surface area contributed by atoms with Crippen molar-refractivity contribution in [2.75, 3.05) is 5.75 Å². The summed E-state index contributed by atoms with van der Waals surface area (Å²) in [4.78, 5) is 8.73. The zero-order valence-electron chi connectivity index (χ0n) is 9.60. The lowest BCUT2D eigenvalue weighted by atomic mass is 10.4. The van der Waals surface area contributed by atoms with E-state index in [1.807, 2.05) is 32.0 Å². The monoisotopic (exact) mass is 233 g/mol. The van der Waals surface area contributed by atoms with Gasteiger partial charge in [0.25, 0.3) is 0 Å². The SMILES string of the molecule is CC(C)=Nc1cccc(CSCCC#N)n1. The van der Waals surface area contributed by atoms with Crippen molar-refractivity contribution in [3.05, 3.63) is 23.9 Å². The molecule has 0 aliphatic rings. The maximum absolute atomic E-state index is 8.41. The molecule has 1 heterocycles. The highest BCUT2D eigenvalue weighted by atomic mass is 32.2. The first-order chi connectivity index (χ1) is 7.72. The third kappa shape index (κ3) is 4.94. The smallest absolute Gasteiger partial charge is 0.151 e. The van der Waals surface area contributed by atoms with Crippen LogP contribution in [0.1, 0.15) is 26.0 Å². The number of hydrogen-bond acceptors (Lipinski definition) is 4. The molecule has 0 saturated carbocycles. The third-order valence-electron chi connectivity index (χ3n) is 1.74. The summed E-state index contributed by atoms with van der Waals surface area (Å²) in [6.45, 7) is 3.91. The molecule has 0 bridgehead atoms. The van der Waals surface area contributed by atoms with E-state index < -0.39 is 0 Å². The molecule has 0 unspecified atom stereocenters. The molecule has 0 aromatic carbocycles. The first kappa shape index (κ1) is 12.7. The van der Waals surface area contributed by atoms with Crippen molar-refractivity contribution < 1.29 is 0 Å². The molecule has 0 amide bonds. The fourth-order valence-electron chi connectivity index (χ4n) is 1.13. The first-order valence-electron chi connectivity index (χ1n) is 5.15. The summed E-state index contributed by atoms with van der Waals surface area (Å²) in [5, 5.41) is 8.41. The lowest BCUT2D eigenvalue weighted by molar-refractivity contribution is 1.15. The van der Waals surface area contributed by atoms with E-state index >= 15 is 0 Å². The van der Waals surface area contributed by atoms with Gasteiger partial charge in [0.05, 0.1) is 11.8 Å². The Kier molecular flexibility index (Phi) is 5.58. The second-order valence-corrected chi connectivity index (χ2v) is 4.61. The lowest BCUT2D eigenvalue weighted by Crippen LogP contribution is -1.89. The molecule has 0 N–H and O–H groups in total. The predicted molar refractivity (Wildman–Crippen MR) is 69.1 cm³/mol.